The van der Waals surface area contributed by atoms with Crippen molar-refractivity contribution in [2.24, 2.45) is 0 Å². The zero-order valence-electron chi connectivity index (χ0n) is 16.7. The summed E-state index contributed by atoms with van der Waals surface area (Å²) in [5.41, 5.74) is 1.77. The van der Waals surface area contributed by atoms with E-state index in [0.717, 1.165) is 10.4 Å². The van der Waals surface area contributed by atoms with Crippen LogP contribution in [-0.2, 0) is 0 Å². The Morgan fingerprint density at radius 3 is 2.43 bits per heavy atom. The Morgan fingerprint density at radius 2 is 1.73 bits per heavy atom. The lowest BCUT2D eigenvalue weighted by Gasteiger charge is -2.14. The summed E-state index contributed by atoms with van der Waals surface area (Å²) in [6, 6.07) is 16.5. The van der Waals surface area contributed by atoms with E-state index < -0.39 is 0 Å². The van der Waals surface area contributed by atoms with Crippen molar-refractivity contribution in [1.82, 2.24) is 14.7 Å². The number of ether oxygens (including phenoxy) is 2. The smallest absolute Gasteiger partial charge is 0.293 e. The van der Waals surface area contributed by atoms with E-state index in [4.69, 9.17) is 14.3 Å². The van der Waals surface area contributed by atoms with Crippen LogP contribution in [-0.4, -0.2) is 36.0 Å². The lowest BCUT2D eigenvalue weighted by atomic mass is 10.0. The second-order valence-corrected chi connectivity index (χ2v) is 6.37. The Bertz CT molecular complexity index is 1260. The molecule has 0 fully saturated rings. The molecular formula is C22H20N4O4. The van der Waals surface area contributed by atoms with Gasteiger partial charge in [-0.1, -0.05) is 18.2 Å². The first-order chi connectivity index (χ1) is 14.6. The Hall–Kier alpha value is -4.07. The van der Waals surface area contributed by atoms with Gasteiger partial charge in [0.1, 0.15) is 18.6 Å². The fraction of sp³-hybridized carbons (Fsp3) is 0.136. The third-order valence-electron chi connectivity index (χ3n) is 4.61. The summed E-state index contributed by atoms with van der Waals surface area (Å²) >= 11 is 0. The molecule has 2 heterocycles. The van der Waals surface area contributed by atoms with Crippen molar-refractivity contribution in [2.75, 3.05) is 26.6 Å². The van der Waals surface area contributed by atoms with E-state index in [1.165, 1.54) is 7.11 Å². The van der Waals surface area contributed by atoms with Gasteiger partial charge in [-0.3, -0.25) is 4.79 Å². The Labute approximate surface area is 172 Å². The normalized spacial score (nSPS) is 10.6. The van der Waals surface area contributed by atoms with Gasteiger partial charge >= 0.3 is 0 Å². The number of nitrogens with one attached hydrogen (secondary N) is 1. The molecule has 0 aliphatic carbocycles. The Balaban J connectivity index is 1.88. The van der Waals surface area contributed by atoms with E-state index in [1.54, 1.807) is 44.7 Å². The van der Waals surface area contributed by atoms with E-state index in [-0.39, 0.29) is 5.56 Å². The molecule has 0 saturated carbocycles. The third kappa shape index (κ3) is 3.50. The molecular weight excluding hydrogens is 384 g/mol. The van der Waals surface area contributed by atoms with Gasteiger partial charge in [-0.15, -0.1) is 4.73 Å². The average Bonchev–Trinajstić information content (AvgIpc) is 2.79. The van der Waals surface area contributed by atoms with E-state index >= 15 is 0 Å². The van der Waals surface area contributed by atoms with Gasteiger partial charge in [0.2, 0.25) is 5.95 Å². The Morgan fingerprint density at radius 1 is 0.933 bits per heavy atom. The first kappa shape index (κ1) is 19.3. The molecule has 8 nitrogen and oxygen atoms in total. The van der Waals surface area contributed by atoms with Crippen LogP contribution in [0, 0.1) is 0 Å². The van der Waals surface area contributed by atoms with Crippen LogP contribution in [0.3, 0.4) is 0 Å². The quantitative estimate of drug-likeness (QED) is 0.528. The fourth-order valence-corrected chi connectivity index (χ4v) is 3.17. The van der Waals surface area contributed by atoms with Gasteiger partial charge in [0.15, 0.2) is 5.65 Å². The summed E-state index contributed by atoms with van der Waals surface area (Å²) in [5, 5.41) is 3.75. The van der Waals surface area contributed by atoms with E-state index in [0.29, 0.717) is 39.6 Å². The molecule has 0 unspecified atom stereocenters. The summed E-state index contributed by atoms with van der Waals surface area (Å²) < 4.78 is 11.9. The van der Waals surface area contributed by atoms with Gasteiger partial charge in [0.05, 0.1) is 19.8 Å². The van der Waals surface area contributed by atoms with E-state index in [1.807, 2.05) is 30.3 Å². The maximum atomic E-state index is 13.2. The Kier molecular flexibility index (Phi) is 5.21. The van der Waals surface area contributed by atoms with Crippen molar-refractivity contribution in [3.8, 4) is 22.6 Å². The molecule has 2 aromatic carbocycles. The summed E-state index contributed by atoms with van der Waals surface area (Å²) in [4.78, 5) is 27.4. The van der Waals surface area contributed by atoms with Gasteiger partial charge in [0, 0.05) is 22.8 Å². The maximum absolute atomic E-state index is 13.2. The number of hydrogen-bond donors (Lipinski definition) is 1. The number of benzene rings is 2. The molecule has 30 heavy (non-hydrogen) atoms. The zero-order chi connectivity index (χ0) is 21.1. The number of aromatic nitrogens is 3. The van der Waals surface area contributed by atoms with Crippen LogP contribution >= 0.6 is 0 Å². The fourth-order valence-electron chi connectivity index (χ4n) is 3.17. The summed E-state index contributed by atoms with van der Waals surface area (Å²) in [6.45, 7) is 0. The molecule has 4 aromatic rings. The van der Waals surface area contributed by atoms with Crippen LogP contribution in [0.1, 0.15) is 0 Å². The molecule has 0 atom stereocenters. The summed E-state index contributed by atoms with van der Waals surface area (Å²) in [6.07, 6.45) is 1.64. The lowest BCUT2D eigenvalue weighted by molar-refractivity contribution is 0.168. The first-order valence-corrected chi connectivity index (χ1v) is 9.16. The van der Waals surface area contributed by atoms with Crippen LogP contribution in [0.25, 0.3) is 22.2 Å². The molecule has 2 aromatic heterocycles. The highest BCUT2D eigenvalue weighted by Crippen LogP contribution is 2.32. The molecule has 0 radical (unpaired) electrons. The maximum Gasteiger partial charge on any atom is 0.293 e. The number of nitrogens with zero attached hydrogens (tertiary/aromatic N) is 3. The molecule has 0 aliphatic heterocycles. The van der Waals surface area contributed by atoms with Crippen LogP contribution in [0.5, 0.6) is 11.5 Å². The second-order valence-electron chi connectivity index (χ2n) is 6.37. The number of rotatable bonds is 6. The van der Waals surface area contributed by atoms with Gasteiger partial charge < -0.3 is 19.6 Å². The van der Waals surface area contributed by atoms with Crippen LogP contribution < -0.4 is 25.2 Å². The number of hydrogen-bond acceptors (Lipinski definition) is 7. The molecule has 0 saturated heterocycles. The second kappa shape index (κ2) is 8.12. The molecule has 4 rings (SSSR count). The summed E-state index contributed by atoms with van der Waals surface area (Å²) in [7, 11) is 4.53. The minimum absolute atomic E-state index is 0.349. The number of para-hydroxylation sites is 1. The SMILES string of the molecule is COc1ccc(OC)c(-c2cc3cnc(Nc4ccccc4)nc3n(OC)c2=O)c1. The van der Waals surface area contributed by atoms with Crippen LogP contribution in [0.4, 0.5) is 11.6 Å². The van der Waals surface area contributed by atoms with Gasteiger partial charge in [-0.2, -0.15) is 4.98 Å². The number of fused-ring (bicyclic) bond motifs is 1. The average molecular weight is 404 g/mol. The largest absolute Gasteiger partial charge is 0.497 e. The topological polar surface area (TPSA) is 87.5 Å². The molecule has 152 valence electrons. The molecule has 0 amide bonds. The lowest BCUT2D eigenvalue weighted by Crippen LogP contribution is -2.27. The molecule has 0 spiro atoms. The van der Waals surface area contributed by atoms with Crippen molar-refractivity contribution in [2.45, 2.75) is 0 Å². The van der Waals surface area contributed by atoms with Gasteiger partial charge in [-0.05, 0) is 36.4 Å². The monoisotopic (exact) mass is 404 g/mol. The van der Waals surface area contributed by atoms with Crippen LogP contribution in [0.2, 0.25) is 0 Å². The number of methoxy groups -OCH3 is 2. The first-order valence-electron chi connectivity index (χ1n) is 9.16. The molecule has 1 N–H and O–H groups in total. The van der Waals surface area contributed by atoms with Crippen LogP contribution in [0.15, 0.2) is 65.6 Å². The standard InChI is InChI=1S/C22H20N4O4/c1-28-16-9-10-19(29-2)17(12-16)18-11-14-13-23-22(24-15-7-5-4-6-8-15)25-20(14)26(30-3)21(18)27/h4-13H,1-3H3,(H,23,24,25). The van der Waals surface area contributed by atoms with Crippen molar-refractivity contribution >= 4 is 22.7 Å². The van der Waals surface area contributed by atoms with Crippen molar-refractivity contribution in [1.29, 1.82) is 0 Å². The highest BCUT2D eigenvalue weighted by atomic mass is 16.6. The van der Waals surface area contributed by atoms with Crippen molar-refractivity contribution in [3.63, 3.8) is 0 Å². The number of pyridine rings is 1. The predicted molar refractivity (Wildman–Crippen MR) is 115 cm³/mol. The van der Waals surface area contributed by atoms with Crippen molar-refractivity contribution < 1.29 is 14.3 Å². The third-order valence-corrected chi connectivity index (χ3v) is 4.61. The molecule has 8 heteroatoms. The summed E-state index contributed by atoms with van der Waals surface area (Å²) in [5.74, 6) is 1.50. The van der Waals surface area contributed by atoms with E-state index in [2.05, 4.69) is 15.3 Å². The highest BCUT2D eigenvalue weighted by Gasteiger charge is 2.17. The van der Waals surface area contributed by atoms with Gasteiger partial charge in [-0.25, -0.2) is 4.98 Å². The molecule has 0 aliphatic rings. The minimum Gasteiger partial charge on any atom is -0.497 e. The highest BCUT2D eigenvalue weighted by molar-refractivity contribution is 5.83. The van der Waals surface area contributed by atoms with Crippen molar-refractivity contribution in [3.05, 3.63) is 71.1 Å². The zero-order valence-corrected chi connectivity index (χ0v) is 16.7. The molecule has 0 bridgehead atoms. The van der Waals surface area contributed by atoms with E-state index in [9.17, 15) is 4.79 Å². The minimum atomic E-state index is -0.374. The number of anilines is 2. The van der Waals surface area contributed by atoms with Gasteiger partial charge in [0.25, 0.3) is 5.56 Å². The predicted octanol–water partition coefficient (Wildman–Crippen LogP) is 3.28.